The number of carbonyl (C=O) groups is 3. The van der Waals surface area contributed by atoms with Gasteiger partial charge in [0.15, 0.2) is 0 Å². The van der Waals surface area contributed by atoms with E-state index in [2.05, 4.69) is 10.1 Å². The fraction of sp³-hybridized carbons (Fsp3) is 0.167. The van der Waals surface area contributed by atoms with E-state index in [-0.39, 0.29) is 17.5 Å². The van der Waals surface area contributed by atoms with Gasteiger partial charge in [-0.25, -0.2) is 9.18 Å². The zero-order chi connectivity index (χ0) is 19.3. The molecule has 0 fully saturated rings. The number of benzene rings is 2. The summed E-state index contributed by atoms with van der Waals surface area (Å²) < 4.78 is 17.8. The first-order chi connectivity index (χ1) is 12.3. The lowest BCUT2D eigenvalue weighted by atomic mass is 10.2. The van der Waals surface area contributed by atoms with Crippen LogP contribution in [-0.4, -0.2) is 31.4 Å². The predicted octanol–water partition coefficient (Wildman–Crippen LogP) is 3.26. The predicted molar refractivity (Wildman–Crippen MR) is 95.8 cm³/mol. The first kappa shape index (κ1) is 19.4. The maximum Gasteiger partial charge on any atom is 0.337 e. The SMILES string of the molecule is COC(=O)c1ccc(N(CC(=O)Nc2ccc(F)c(Cl)c2)C(C)=O)cc1. The van der Waals surface area contributed by atoms with Crippen LogP contribution in [0.4, 0.5) is 15.8 Å². The monoisotopic (exact) mass is 378 g/mol. The fourth-order valence-electron chi connectivity index (χ4n) is 2.20. The van der Waals surface area contributed by atoms with Crippen LogP contribution in [0.3, 0.4) is 0 Å². The van der Waals surface area contributed by atoms with Crippen LogP contribution in [-0.2, 0) is 14.3 Å². The zero-order valence-electron chi connectivity index (χ0n) is 14.1. The summed E-state index contributed by atoms with van der Waals surface area (Å²) in [4.78, 5) is 36.8. The Morgan fingerprint density at radius 1 is 1.15 bits per heavy atom. The van der Waals surface area contributed by atoms with Crippen molar-refractivity contribution in [1.82, 2.24) is 0 Å². The lowest BCUT2D eigenvalue weighted by Gasteiger charge is -2.21. The zero-order valence-corrected chi connectivity index (χ0v) is 14.8. The van der Waals surface area contributed by atoms with Gasteiger partial charge in [0, 0.05) is 18.3 Å². The van der Waals surface area contributed by atoms with Crippen molar-refractivity contribution in [2.24, 2.45) is 0 Å². The Labute approximate surface area is 154 Å². The molecular formula is C18H16ClFN2O4. The number of methoxy groups -OCH3 is 1. The second-order valence-electron chi connectivity index (χ2n) is 5.32. The average Bonchev–Trinajstić information content (AvgIpc) is 2.62. The van der Waals surface area contributed by atoms with E-state index in [9.17, 15) is 18.8 Å². The highest BCUT2D eigenvalue weighted by atomic mass is 35.5. The lowest BCUT2D eigenvalue weighted by Crippen LogP contribution is -2.36. The number of nitrogens with one attached hydrogen (secondary N) is 1. The van der Waals surface area contributed by atoms with Gasteiger partial charge in [0.25, 0.3) is 0 Å². The van der Waals surface area contributed by atoms with Gasteiger partial charge >= 0.3 is 5.97 Å². The second kappa shape index (κ2) is 8.44. The van der Waals surface area contributed by atoms with Gasteiger partial charge in [-0.15, -0.1) is 0 Å². The number of hydrogen-bond acceptors (Lipinski definition) is 4. The van der Waals surface area contributed by atoms with E-state index < -0.39 is 17.7 Å². The average molecular weight is 379 g/mol. The van der Waals surface area contributed by atoms with Gasteiger partial charge in [-0.3, -0.25) is 9.59 Å². The number of halogens is 2. The molecule has 0 heterocycles. The number of amides is 2. The number of anilines is 2. The lowest BCUT2D eigenvalue weighted by molar-refractivity contribution is -0.120. The molecule has 0 aliphatic heterocycles. The Morgan fingerprint density at radius 2 is 1.81 bits per heavy atom. The summed E-state index contributed by atoms with van der Waals surface area (Å²) in [5.41, 5.74) is 1.08. The normalized spacial score (nSPS) is 10.2. The summed E-state index contributed by atoms with van der Waals surface area (Å²) in [5.74, 6) is -1.94. The fourth-order valence-corrected chi connectivity index (χ4v) is 2.38. The van der Waals surface area contributed by atoms with Crippen LogP contribution in [0.15, 0.2) is 42.5 Å². The molecule has 26 heavy (non-hydrogen) atoms. The van der Waals surface area contributed by atoms with Crippen LogP contribution in [0.5, 0.6) is 0 Å². The molecule has 2 rings (SSSR count). The molecule has 1 N–H and O–H groups in total. The minimum absolute atomic E-state index is 0.121. The van der Waals surface area contributed by atoms with Gasteiger partial charge in [-0.1, -0.05) is 11.6 Å². The molecule has 0 saturated heterocycles. The Balaban J connectivity index is 2.12. The van der Waals surface area contributed by atoms with Crippen molar-refractivity contribution >= 4 is 40.8 Å². The molecule has 0 spiro atoms. The minimum Gasteiger partial charge on any atom is -0.465 e. The Kier molecular flexibility index (Phi) is 6.30. The first-order valence-electron chi connectivity index (χ1n) is 7.53. The molecule has 0 atom stereocenters. The molecule has 0 aliphatic rings. The van der Waals surface area contributed by atoms with Crippen LogP contribution in [0, 0.1) is 5.82 Å². The third kappa shape index (κ3) is 4.80. The molecule has 2 amide bonds. The summed E-state index contributed by atoms with van der Waals surface area (Å²) >= 11 is 5.67. The van der Waals surface area contributed by atoms with E-state index in [0.29, 0.717) is 16.9 Å². The third-order valence-corrected chi connectivity index (χ3v) is 3.77. The van der Waals surface area contributed by atoms with Crippen molar-refractivity contribution in [2.45, 2.75) is 6.92 Å². The highest BCUT2D eigenvalue weighted by Crippen LogP contribution is 2.20. The standard InChI is InChI=1S/C18H16ClFN2O4/c1-11(23)22(14-6-3-12(4-7-14)18(25)26-2)10-17(24)21-13-5-8-16(20)15(19)9-13/h3-9H,10H2,1-2H3,(H,21,24). The van der Waals surface area contributed by atoms with Crippen molar-refractivity contribution in [3.05, 3.63) is 58.9 Å². The van der Waals surface area contributed by atoms with E-state index in [1.54, 1.807) is 0 Å². The van der Waals surface area contributed by atoms with Gasteiger partial charge in [0.1, 0.15) is 12.4 Å². The summed E-state index contributed by atoms with van der Waals surface area (Å²) in [6.07, 6.45) is 0. The maximum absolute atomic E-state index is 13.2. The molecule has 0 unspecified atom stereocenters. The Morgan fingerprint density at radius 3 is 2.35 bits per heavy atom. The van der Waals surface area contributed by atoms with Crippen molar-refractivity contribution in [2.75, 3.05) is 23.9 Å². The van der Waals surface area contributed by atoms with Gasteiger partial charge in [0.2, 0.25) is 11.8 Å². The van der Waals surface area contributed by atoms with E-state index in [1.807, 2.05) is 0 Å². The Hall–Kier alpha value is -2.93. The highest BCUT2D eigenvalue weighted by Gasteiger charge is 2.17. The number of rotatable bonds is 5. The minimum atomic E-state index is -0.597. The van der Waals surface area contributed by atoms with Crippen LogP contribution in [0.2, 0.25) is 5.02 Å². The maximum atomic E-state index is 13.2. The summed E-state index contributed by atoms with van der Waals surface area (Å²) in [5, 5.41) is 2.43. The van der Waals surface area contributed by atoms with Gasteiger partial charge in [0.05, 0.1) is 17.7 Å². The molecule has 6 nitrogen and oxygen atoms in total. The molecule has 136 valence electrons. The van der Waals surface area contributed by atoms with Gasteiger partial charge in [-0.2, -0.15) is 0 Å². The molecule has 0 aromatic heterocycles. The smallest absolute Gasteiger partial charge is 0.337 e. The number of carbonyl (C=O) groups excluding carboxylic acids is 3. The van der Waals surface area contributed by atoms with Crippen molar-refractivity contribution < 1.29 is 23.5 Å². The van der Waals surface area contributed by atoms with Crippen LogP contribution in [0.25, 0.3) is 0 Å². The third-order valence-electron chi connectivity index (χ3n) is 3.49. The van der Waals surface area contributed by atoms with Crippen LogP contribution >= 0.6 is 11.6 Å². The van der Waals surface area contributed by atoms with E-state index >= 15 is 0 Å². The first-order valence-corrected chi connectivity index (χ1v) is 7.91. The van der Waals surface area contributed by atoms with Crippen LogP contribution < -0.4 is 10.2 Å². The van der Waals surface area contributed by atoms with Crippen molar-refractivity contribution in [1.29, 1.82) is 0 Å². The molecule has 0 radical (unpaired) electrons. The van der Waals surface area contributed by atoms with E-state index in [1.165, 1.54) is 55.3 Å². The van der Waals surface area contributed by atoms with E-state index in [0.717, 1.165) is 6.07 Å². The molecule has 0 aliphatic carbocycles. The van der Waals surface area contributed by atoms with Gasteiger partial charge in [-0.05, 0) is 42.5 Å². The molecule has 0 bridgehead atoms. The highest BCUT2D eigenvalue weighted by molar-refractivity contribution is 6.31. The van der Waals surface area contributed by atoms with Crippen LogP contribution in [0.1, 0.15) is 17.3 Å². The Bertz CT molecular complexity index is 840. The number of ether oxygens (including phenoxy) is 1. The summed E-state index contributed by atoms with van der Waals surface area (Å²) in [6, 6.07) is 9.83. The molecule has 2 aromatic carbocycles. The second-order valence-corrected chi connectivity index (χ2v) is 5.73. The number of hydrogen-bond donors (Lipinski definition) is 1. The summed E-state index contributed by atoms with van der Waals surface area (Å²) in [6.45, 7) is 1.05. The number of nitrogens with zero attached hydrogens (tertiary/aromatic N) is 1. The van der Waals surface area contributed by atoms with Gasteiger partial charge < -0.3 is 15.0 Å². The quantitative estimate of drug-likeness (QED) is 0.810. The van der Waals surface area contributed by atoms with Crippen molar-refractivity contribution in [3.63, 3.8) is 0 Å². The number of esters is 1. The van der Waals surface area contributed by atoms with E-state index in [4.69, 9.17) is 11.6 Å². The summed E-state index contributed by atoms with van der Waals surface area (Å²) in [7, 11) is 1.27. The molecule has 8 heteroatoms. The molecule has 2 aromatic rings. The largest absolute Gasteiger partial charge is 0.465 e. The molecular weight excluding hydrogens is 363 g/mol. The topological polar surface area (TPSA) is 75.7 Å². The molecule has 0 saturated carbocycles. The van der Waals surface area contributed by atoms with Crippen molar-refractivity contribution in [3.8, 4) is 0 Å².